The topological polar surface area (TPSA) is 122 Å². The highest BCUT2D eigenvalue weighted by atomic mass is 16.6. The number of carboxylic acids is 1. The summed E-state index contributed by atoms with van der Waals surface area (Å²) < 4.78 is 0. The van der Waals surface area contributed by atoms with Gasteiger partial charge in [0.2, 0.25) is 0 Å². The zero-order chi connectivity index (χ0) is 20.4. The number of benzene rings is 2. The van der Waals surface area contributed by atoms with Gasteiger partial charge in [-0.25, -0.2) is 4.79 Å². The van der Waals surface area contributed by atoms with Gasteiger partial charge in [0.1, 0.15) is 0 Å². The molecule has 0 fully saturated rings. The number of nitro groups is 1. The van der Waals surface area contributed by atoms with Crippen LogP contribution in [0.25, 0.3) is 0 Å². The van der Waals surface area contributed by atoms with Gasteiger partial charge in [0, 0.05) is 31.1 Å². The molecule has 1 unspecified atom stereocenters. The van der Waals surface area contributed by atoms with Crippen LogP contribution in [0.2, 0.25) is 0 Å². The Bertz CT molecular complexity index is 793. The molecular formula is C20H23N3O5. The number of nitro benzene ring substituents is 1. The van der Waals surface area contributed by atoms with Gasteiger partial charge >= 0.3 is 12.0 Å². The number of carbonyl (C=O) groups is 2. The first-order valence-electron chi connectivity index (χ1n) is 8.97. The highest BCUT2D eigenvalue weighted by Crippen LogP contribution is 2.12. The van der Waals surface area contributed by atoms with Crippen molar-refractivity contribution in [2.75, 3.05) is 6.54 Å². The molecule has 2 aromatic carbocycles. The number of urea groups is 1. The van der Waals surface area contributed by atoms with Crippen LogP contribution in [0.4, 0.5) is 10.5 Å². The molecule has 148 valence electrons. The van der Waals surface area contributed by atoms with Gasteiger partial charge in [0.05, 0.1) is 4.92 Å². The molecule has 0 radical (unpaired) electrons. The first-order chi connectivity index (χ1) is 13.4. The molecule has 0 aliphatic carbocycles. The van der Waals surface area contributed by atoms with Crippen molar-refractivity contribution in [3.63, 3.8) is 0 Å². The second-order valence-corrected chi connectivity index (χ2v) is 6.39. The predicted molar refractivity (Wildman–Crippen MR) is 104 cm³/mol. The summed E-state index contributed by atoms with van der Waals surface area (Å²) in [4.78, 5) is 33.2. The van der Waals surface area contributed by atoms with Gasteiger partial charge in [-0.15, -0.1) is 0 Å². The summed E-state index contributed by atoms with van der Waals surface area (Å²) in [5, 5.41) is 25.1. The third kappa shape index (κ3) is 7.45. The average Bonchev–Trinajstić information content (AvgIpc) is 2.67. The molecule has 2 rings (SSSR count). The second-order valence-electron chi connectivity index (χ2n) is 6.39. The number of carbonyl (C=O) groups excluding carboxylic acids is 1. The summed E-state index contributed by atoms with van der Waals surface area (Å²) in [6, 6.07) is 15.1. The highest BCUT2D eigenvalue weighted by Gasteiger charge is 2.14. The van der Waals surface area contributed by atoms with Crippen molar-refractivity contribution >= 4 is 17.7 Å². The van der Waals surface area contributed by atoms with E-state index >= 15 is 0 Å². The van der Waals surface area contributed by atoms with E-state index in [1.807, 2.05) is 30.3 Å². The molecule has 8 heteroatoms. The van der Waals surface area contributed by atoms with Crippen LogP contribution < -0.4 is 10.6 Å². The molecule has 2 aromatic rings. The normalized spacial score (nSPS) is 11.4. The number of hydrogen-bond acceptors (Lipinski definition) is 4. The van der Waals surface area contributed by atoms with Crippen LogP contribution >= 0.6 is 0 Å². The first kappa shape index (κ1) is 20.9. The molecule has 0 heterocycles. The zero-order valence-corrected chi connectivity index (χ0v) is 15.3. The molecule has 2 amide bonds. The summed E-state index contributed by atoms with van der Waals surface area (Å²) in [6.07, 6.45) is 1.38. The minimum atomic E-state index is -0.904. The molecule has 1 atom stereocenters. The number of amides is 2. The van der Waals surface area contributed by atoms with Crippen LogP contribution in [0.1, 0.15) is 24.0 Å². The van der Waals surface area contributed by atoms with Gasteiger partial charge in [-0.2, -0.15) is 0 Å². The molecule has 28 heavy (non-hydrogen) atoms. The van der Waals surface area contributed by atoms with E-state index in [1.165, 1.54) is 12.1 Å². The van der Waals surface area contributed by atoms with Crippen molar-refractivity contribution in [2.24, 2.45) is 0 Å². The van der Waals surface area contributed by atoms with E-state index in [4.69, 9.17) is 5.11 Å². The predicted octanol–water partition coefficient (Wildman–Crippen LogP) is 2.91. The fourth-order valence-corrected chi connectivity index (χ4v) is 2.76. The van der Waals surface area contributed by atoms with Crippen LogP contribution in [-0.2, 0) is 17.6 Å². The molecule has 8 nitrogen and oxygen atoms in total. The Morgan fingerprint density at radius 1 is 1.04 bits per heavy atom. The van der Waals surface area contributed by atoms with E-state index in [-0.39, 0.29) is 24.2 Å². The van der Waals surface area contributed by atoms with E-state index in [1.54, 1.807) is 12.1 Å². The summed E-state index contributed by atoms with van der Waals surface area (Å²) in [6.45, 7) is 0.362. The molecule has 0 saturated heterocycles. The maximum absolute atomic E-state index is 12.2. The summed E-state index contributed by atoms with van der Waals surface area (Å²) >= 11 is 0. The number of nitrogens with zero attached hydrogens (tertiary/aromatic N) is 1. The van der Waals surface area contributed by atoms with Gasteiger partial charge in [0.25, 0.3) is 5.69 Å². The quantitative estimate of drug-likeness (QED) is 0.429. The summed E-state index contributed by atoms with van der Waals surface area (Å²) in [5.41, 5.74) is 1.92. The Kier molecular flexibility index (Phi) is 7.95. The minimum Gasteiger partial charge on any atom is -0.481 e. The van der Waals surface area contributed by atoms with Crippen LogP contribution in [0.15, 0.2) is 54.6 Å². The highest BCUT2D eigenvalue weighted by molar-refractivity contribution is 5.74. The lowest BCUT2D eigenvalue weighted by Crippen LogP contribution is -2.44. The summed E-state index contributed by atoms with van der Waals surface area (Å²) in [7, 11) is 0. The molecule has 0 aliphatic heterocycles. The van der Waals surface area contributed by atoms with Crippen molar-refractivity contribution in [3.8, 4) is 0 Å². The van der Waals surface area contributed by atoms with Crippen molar-refractivity contribution in [1.82, 2.24) is 10.6 Å². The van der Waals surface area contributed by atoms with E-state index in [0.29, 0.717) is 25.8 Å². The first-order valence-corrected chi connectivity index (χ1v) is 8.97. The Morgan fingerprint density at radius 3 is 2.32 bits per heavy atom. The molecular weight excluding hydrogens is 362 g/mol. The Labute approximate surface area is 162 Å². The van der Waals surface area contributed by atoms with Crippen molar-refractivity contribution in [2.45, 2.75) is 31.7 Å². The third-order valence-corrected chi connectivity index (χ3v) is 4.21. The van der Waals surface area contributed by atoms with Gasteiger partial charge in [-0.05, 0) is 30.4 Å². The van der Waals surface area contributed by atoms with Crippen LogP contribution in [-0.4, -0.2) is 34.6 Å². The van der Waals surface area contributed by atoms with Crippen LogP contribution in [0, 0.1) is 10.1 Å². The Morgan fingerprint density at radius 2 is 1.71 bits per heavy atom. The van der Waals surface area contributed by atoms with E-state index in [2.05, 4.69) is 10.6 Å². The zero-order valence-electron chi connectivity index (χ0n) is 15.3. The van der Waals surface area contributed by atoms with Crippen molar-refractivity contribution in [3.05, 3.63) is 75.8 Å². The standard InChI is InChI=1S/C20H23N3O5/c24-19(25)11-8-17(14-16-4-2-1-3-5-16)22-20(26)21-13-12-15-6-9-18(10-7-15)23(27)28/h1-7,9-10,17H,8,11-14H2,(H,24,25)(H2,21,22,26). The van der Waals surface area contributed by atoms with Gasteiger partial charge in [-0.3, -0.25) is 14.9 Å². The van der Waals surface area contributed by atoms with Gasteiger partial charge < -0.3 is 15.7 Å². The molecule has 0 aromatic heterocycles. The fourth-order valence-electron chi connectivity index (χ4n) is 2.76. The lowest BCUT2D eigenvalue weighted by atomic mass is 10.0. The maximum atomic E-state index is 12.2. The number of non-ortho nitro benzene ring substituents is 1. The Hall–Kier alpha value is -3.42. The molecule has 0 aliphatic rings. The number of hydrogen-bond donors (Lipinski definition) is 3. The van der Waals surface area contributed by atoms with E-state index < -0.39 is 10.9 Å². The minimum absolute atomic E-state index is 0.0247. The Balaban J connectivity index is 1.82. The lowest BCUT2D eigenvalue weighted by molar-refractivity contribution is -0.384. The van der Waals surface area contributed by atoms with Crippen LogP contribution in [0.5, 0.6) is 0 Å². The molecule has 0 saturated carbocycles. The summed E-state index contributed by atoms with van der Waals surface area (Å²) in [5.74, 6) is -0.904. The van der Waals surface area contributed by atoms with Crippen molar-refractivity contribution in [1.29, 1.82) is 0 Å². The van der Waals surface area contributed by atoms with E-state index in [0.717, 1.165) is 11.1 Å². The molecule has 0 bridgehead atoms. The van der Waals surface area contributed by atoms with E-state index in [9.17, 15) is 19.7 Å². The largest absolute Gasteiger partial charge is 0.481 e. The van der Waals surface area contributed by atoms with Gasteiger partial charge in [-0.1, -0.05) is 42.5 Å². The van der Waals surface area contributed by atoms with Crippen molar-refractivity contribution < 1.29 is 19.6 Å². The third-order valence-electron chi connectivity index (χ3n) is 4.21. The second kappa shape index (κ2) is 10.7. The van der Waals surface area contributed by atoms with Crippen LogP contribution in [0.3, 0.4) is 0 Å². The average molecular weight is 385 g/mol. The molecule has 3 N–H and O–H groups in total. The maximum Gasteiger partial charge on any atom is 0.315 e. The molecule has 0 spiro atoms. The number of nitrogens with one attached hydrogen (secondary N) is 2. The van der Waals surface area contributed by atoms with Gasteiger partial charge in [0.15, 0.2) is 0 Å². The monoisotopic (exact) mass is 385 g/mol. The fraction of sp³-hybridized carbons (Fsp3) is 0.300. The number of carboxylic acid groups (broad SMARTS) is 1. The number of aliphatic carboxylic acids is 1. The number of rotatable bonds is 10. The lowest BCUT2D eigenvalue weighted by Gasteiger charge is -2.18. The SMILES string of the molecule is O=C(O)CCC(Cc1ccccc1)NC(=O)NCCc1ccc([N+](=O)[O-])cc1. The smallest absolute Gasteiger partial charge is 0.315 e.